The lowest BCUT2D eigenvalue weighted by Gasteiger charge is -2.22. The van der Waals surface area contributed by atoms with Gasteiger partial charge in [0.25, 0.3) is 0 Å². The molecule has 0 saturated carbocycles. The van der Waals surface area contributed by atoms with Gasteiger partial charge in [0.2, 0.25) is 5.91 Å². The Morgan fingerprint density at radius 2 is 2.06 bits per heavy atom. The zero-order valence-corrected chi connectivity index (χ0v) is 11.3. The van der Waals surface area contributed by atoms with Crippen molar-refractivity contribution in [1.82, 2.24) is 0 Å². The Hall–Kier alpha value is -1.36. The van der Waals surface area contributed by atoms with Gasteiger partial charge in [-0.3, -0.25) is 9.59 Å². The van der Waals surface area contributed by atoms with Crippen molar-refractivity contribution in [2.45, 2.75) is 20.3 Å². The van der Waals surface area contributed by atoms with Crippen LogP contribution < -0.4 is 4.90 Å². The largest absolute Gasteiger partial charge is 0.481 e. The molecule has 0 fully saturated rings. The molecular formula is C12H14BrNO3. The summed E-state index contributed by atoms with van der Waals surface area (Å²) in [4.78, 5) is 23.5. The number of aryl methyl sites for hydroxylation is 1. The second-order valence-electron chi connectivity index (χ2n) is 3.75. The van der Waals surface area contributed by atoms with E-state index in [2.05, 4.69) is 15.9 Å². The number of carboxylic acid groups (broad SMARTS) is 1. The number of rotatable bonds is 4. The predicted molar refractivity (Wildman–Crippen MR) is 69.2 cm³/mol. The molecule has 5 heteroatoms. The van der Waals surface area contributed by atoms with E-state index < -0.39 is 5.97 Å². The zero-order chi connectivity index (χ0) is 13.0. The third-order valence-electron chi connectivity index (χ3n) is 2.38. The Bertz CT molecular complexity index is 445. The maximum Gasteiger partial charge on any atom is 0.305 e. The summed E-state index contributed by atoms with van der Waals surface area (Å²) in [7, 11) is 0. The highest BCUT2D eigenvalue weighted by Crippen LogP contribution is 2.24. The second kappa shape index (κ2) is 5.82. The molecule has 0 saturated heterocycles. The molecule has 0 heterocycles. The van der Waals surface area contributed by atoms with E-state index in [0.29, 0.717) is 0 Å². The molecule has 0 aliphatic rings. The van der Waals surface area contributed by atoms with Crippen LogP contribution in [-0.2, 0) is 9.59 Å². The number of aliphatic carboxylic acids is 1. The average Bonchev–Trinajstić information content (AvgIpc) is 2.20. The Labute approximate surface area is 108 Å². The molecule has 1 aromatic carbocycles. The van der Waals surface area contributed by atoms with Crippen molar-refractivity contribution < 1.29 is 14.7 Å². The number of carboxylic acids is 1. The first kappa shape index (κ1) is 13.7. The van der Waals surface area contributed by atoms with Crippen LogP contribution in [0.5, 0.6) is 0 Å². The van der Waals surface area contributed by atoms with Crippen molar-refractivity contribution in [2.24, 2.45) is 0 Å². The first-order valence-corrected chi connectivity index (χ1v) is 5.97. The highest BCUT2D eigenvalue weighted by atomic mass is 79.9. The summed E-state index contributed by atoms with van der Waals surface area (Å²) in [5.41, 5.74) is 1.68. The molecule has 0 bridgehead atoms. The molecule has 0 aromatic heterocycles. The van der Waals surface area contributed by atoms with Gasteiger partial charge in [-0.05, 0) is 30.7 Å². The summed E-state index contributed by atoms with van der Waals surface area (Å²) >= 11 is 3.35. The lowest BCUT2D eigenvalue weighted by Crippen LogP contribution is -2.31. The van der Waals surface area contributed by atoms with Crippen molar-refractivity contribution in [3.63, 3.8) is 0 Å². The van der Waals surface area contributed by atoms with Gasteiger partial charge >= 0.3 is 5.97 Å². The minimum absolute atomic E-state index is 0.0604. The summed E-state index contributed by atoms with van der Waals surface area (Å²) in [5.74, 6) is -1.07. The van der Waals surface area contributed by atoms with Gasteiger partial charge in [0.05, 0.1) is 6.42 Å². The van der Waals surface area contributed by atoms with Gasteiger partial charge in [-0.1, -0.05) is 15.9 Å². The van der Waals surface area contributed by atoms with Gasteiger partial charge in [-0.2, -0.15) is 0 Å². The Morgan fingerprint density at radius 3 is 2.53 bits per heavy atom. The molecule has 1 rings (SSSR count). The summed E-state index contributed by atoms with van der Waals surface area (Å²) in [6.07, 6.45) is -0.0604. The van der Waals surface area contributed by atoms with Crippen LogP contribution in [0.4, 0.5) is 5.69 Å². The van der Waals surface area contributed by atoms with Crippen LogP contribution in [0.15, 0.2) is 22.7 Å². The van der Waals surface area contributed by atoms with Crippen molar-refractivity contribution >= 4 is 33.5 Å². The molecule has 92 valence electrons. The van der Waals surface area contributed by atoms with Crippen molar-refractivity contribution in [3.05, 3.63) is 28.2 Å². The van der Waals surface area contributed by atoms with Crippen LogP contribution >= 0.6 is 15.9 Å². The molecule has 0 aliphatic heterocycles. The fourth-order valence-electron chi connectivity index (χ4n) is 1.58. The molecule has 0 unspecified atom stereocenters. The van der Waals surface area contributed by atoms with E-state index in [4.69, 9.17) is 5.11 Å². The Balaban J connectivity index is 2.97. The summed E-state index contributed by atoms with van der Waals surface area (Å²) in [6.45, 7) is 3.51. The number of carbonyl (C=O) groups is 2. The van der Waals surface area contributed by atoms with E-state index in [1.807, 2.05) is 25.1 Å². The summed E-state index contributed by atoms with van der Waals surface area (Å²) < 4.78 is 0.931. The van der Waals surface area contributed by atoms with E-state index in [0.717, 1.165) is 15.7 Å². The van der Waals surface area contributed by atoms with Crippen LogP contribution in [0, 0.1) is 6.92 Å². The van der Waals surface area contributed by atoms with E-state index >= 15 is 0 Å². The fraction of sp³-hybridized carbons (Fsp3) is 0.333. The smallest absolute Gasteiger partial charge is 0.305 e. The van der Waals surface area contributed by atoms with Crippen LogP contribution in [0.25, 0.3) is 0 Å². The van der Waals surface area contributed by atoms with Crippen LogP contribution in [0.1, 0.15) is 18.9 Å². The maximum atomic E-state index is 11.5. The molecule has 0 spiro atoms. The van der Waals surface area contributed by atoms with E-state index in [1.54, 1.807) is 0 Å². The number of nitrogens with zero attached hydrogens (tertiary/aromatic N) is 1. The molecule has 17 heavy (non-hydrogen) atoms. The quantitative estimate of drug-likeness (QED) is 0.930. The monoisotopic (exact) mass is 299 g/mol. The minimum atomic E-state index is -0.911. The number of benzene rings is 1. The van der Waals surface area contributed by atoms with Crippen molar-refractivity contribution in [2.75, 3.05) is 11.4 Å². The maximum absolute atomic E-state index is 11.5. The third-order valence-corrected chi connectivity index (χ3v) is 2.87. The Kier molecular flexibility index (Phi) is 4.69. The molecule has 0 aliphatic carbocycles. The Morgan fingerprint density at radius 1 is 1.41 bits per heavy atom. The highest BCUT2D eigenvalue weighted by Gasteiger charge is 2.14. The van der Waals surface area contributed by atoms with Crippen molar-refractivity contribution in [3.8, 4) is 0 Å². The number of hydrogen-bond donors (Lipinski definition) is 1. The van der Waals surface area contributed by atoms with Crippen molar-refractivity contribution in [1.29, 1.82) is 0 Å². The number of hydrogen-bond acceptors (Lipinski definition) is 2. The molecule has 1 aromatic rings. The first-order chi connectivity index (χ1) is 7.91. The summed E-state index contributed by atoms with van der Waals surface area (Å²) in [6, 6.07) is 5.54. The van der Waals surface area contributed by atoms with Crippen LogP contribution in [0.2, 0.25) is 0 Å². The molecular weight excluding hydrogens is 286 g/mol. The van der Waals surface area contributed by atoms with Gasteiger partial charge in [0.1, 0.15) is 0 Å². The number of amides is 1. The minimum Gasteiger partial charge on any atom is -0.481 e. The highest BCUT2D eigenvalue weighted by molar-refractivity contribution is 9.10. The summed E-state index contributed by atoms with van der Waals surface area (Å²) in [5, 5.41) is 8.66. The average molecular weight is 300 g/mol. The number of halogens is 1. The van der Waals surface area contributed by atoms with Gasteiger partial charge in [0.15, 0.2) is 0 Å². The van der Waals surface area contributed by atoms with Gasteiger partial charge in [0, 0.05) is 23.6 Å². The predicted octanol–water partition coefficient (Wildman–Crippen LogP) is 2.59. The normalized spacial score (nSPS) is 10.1. The molecule has 4 nitrogen and oxygen atoms in total. The van der Waals surface area contributed by atoms with Gasteiger partial charge < -0.3 is 10.0 Å². The fourth-order valence-corrected chi connectivity index (χ4v) is 2.05. The lowest BCUT2D eigenvalue weighted by molar-refractivity contribution is -0.136. The standard InChI is InChI=1S/C12H14BrNO3/c1-8-7-10(13)3-4-11(8)14(9(2)15)6-5-12(16)17/h3-4,7H,5-6H2,1-2H3,(H,16,17). The third kappa shape index (κ3) is 3.85. The van der Waals surface area contributed by atoms with Gasteiger partial charge in [-0.25, -0.2) is 0 Å². The first-order valence-electron chi connectivity index (χ1n) is 5.18. The molecule has 0 atom stereocenters. The SMILES string of the molecule is CC(=O)N(CCC(=O)O)c1ccc(Br)cc1C. The van der Waals surface area contributed by atoms with Crippen LogP contribution in [-0.4, -0.2) is 23.5 Å². The molecule has 1 amide bonds. The number of carbonyl (C=O) groups excluding carboxylic acids is 1. The zero-order valence-electron chi connectivity index (χ0n) is 9.74. The molecule has 1 N–H and O–H groups in total. The van der Waals surface area contributed by atoms with E-state index in [-0.39, 0.29) is 18.9 Å². The van der Waals surface area contributed by atoms with Crippen LogP contribution in [0.3, 0.4) is 0 Å². The topological polar surface area (TPSA) is 57.6 Å². The molecule has 0 radical (unpaired) electrons. The second-order valence-corrected chi connectivity index (χ2v) is 4.66. The lowest BCUT2D eigenvalue weighted by atomic mass is 10.1. The van der Waals surface area contributed by atoms with E-state index in [1.165, 1.54) is 11.8 Å². The number of anilines is 1. The van der Waals surface area contributed by atoms with Gasteiger partial charge in [-0.15, -0.1) is 0 Å². The van der Waals surface area contributed by atoms with E-state index in [9.17, 15) is 9.59 Å².